The summed E-state index contributed by atoms with van der Waals surface area (Å²) >= 11 is 1.71. The molecule has 78 valence electrons. The molecule has 0 atom stereocenters. The largest absolute Gasteiger partial charge is 0.573 e. The summed E-state index contributed by atoms with van der Waals surface area (Å²) in [5, 5.41) is 0. The minimum atomic E-state index is -4.69. The first-order valence-electron chi connectivity index (χ1n) is 3.53. The predicted molar refractivity (Wildman–Crippen MR) is 51.5 cm³/mol. The Morgan fingerprint density at radius 3 is 2.64 bits per heavy atom. The van der Waals surface area contributed by atoms with Crippen LogP contribution in [0.3, 0.4) is 0 Å². The number of nitrogens with zero attached hydrogens (tertiary/aromatic N) is 1. The fourth-order valence-corrected chi connectivity index (χ4v) is 1.46. The molecule has 1 aromatic heterocycles. The maximum atomic E-state index is 11.9. The molecule has 0 aliphatic carbocycles. The van der Waals surface area contributed by atoms with E-state index in [4.69, 9.17) is 5.73 Å². The van der Waals surface area contributed by atoms with Crippen LogP contribution in [0.5, 0.6) is 5.75 Å². The summed E-state index contributed by atoms with van der Waals surface area (Å²) in [6.07, 6.45) is -3.46. The van der Waals surface area contributed by atoms with Crippen LogP contribution in [0.4, 0.5) is 13.2 Å². The second kappa shape index (κ2) is 4.30. The molecule has 0 fully saturated rings. The third-order valence-corrected chi connectivity index (χ3v) is 2.50. The van der Waals surface area contributed by atoms with Crippen molar-refractivity contribution in [1.82, 2.24) is 4.98 Å². The Bertz CT molecular complexity index is 329. The molecular weight excluding hydrogens is 312 g/mol. The molecule has 14 heavy (non-hydrogen) atoms. The minimum Gasteiger partial charge on any atom is -0.405 e. The van der Waals surface area contributed by atoms with Crippen LogP contribution in [0.2, 0.25) is 0 Å². The topological polar surface area (TPSA) is 48.1 Å². The first-order valence-corrected chi connectivity index (χ1v) is 4.61. The van der Waals surface area contributed by atoms with Gasteiger partial charge in [-0.25, -0.2) is 0 Å². The van der Waals surface area contributed by atoms with Crippen molar-refractivity contribution >= 4 is 22.6 Å². The highest BCUT2D eigenvalue weighted by Crippen LogP contribution is 2.28. The standard InChI is InChI=1S/C7H6F3IN2O/c8-7(9,10)14-5-1-2-13-4(3-12)6(5)11/h1-2H,3,12H2. The van der Waals surface area contributed by atoms with Crippen LogP contribution in [0.15, 0.2) is 12.3 Å². The minimum absolute atomic E-state index is 0.0767. The van der Waals surface area contributed by atoms with E-state index in [-0.39, 0.29) is 15.9 Å². The lowest BCUT2D eigenvalue weighted by atomic mass is 10.3. The van der Waals surface area contributed by atoms with Crippen LogP contribution >= 0.6 is 22.6 Å². The van der Waals surface area contributed by atoms with Crippen molar-refractivity contribution in [2.24, 2.45) is 5.73 Å². The van der Waals surface area contributed by atoms with E-state index in [1.165, 1.54) is 6.20 Å². The van der Waals surface area contributed by atoms with E-state index in [0.29, 0.717) is 5.69 Å². The lowest BCUT2D eigenvalue weighted by Gasteiger charge is -2.11. The highest BCUT2D eigenvalue weighted by atomic mass is 127. The quantitative estimate of drug-likeness (QED) is 0.849. The lowest BCUT2D eigenvalue weighted by Crippen LogP contribution is -2.18. The second-order valence-corrected chi connectivity index (χ2v) is 3.40. The first kappa shape index (κ1) is 11.5. The van der Waals surface area contributed by atoms with Gasteiger partial charge in [0.05, 0.1) is 9.26 Å². The summed E-state index contributed by atoms with van der Waals surface area (Å²) in [6.45, 7) is 0.0767. The van der Waals surface area contributed by atoms with Crippen LogP contribution in [0.25, 0.3) is 0 Å². The van der Waals surface area contributed by atoms with E-state index in [2.05, 4.69) is 9.72 Å². The van der Waals surface area contributed by atoms with Gasteiger partial charge in [-0.05, 0) is 28.7 Å². The summed E-state index contributed by atoms with van der Waals surface area (Å²) in [5.74, 6) is -0.270. The van der Waals surface area contributed by atoms with Crippen LogP contribution in [-0.4, -0.2) is 11.3 Å². The van der Waals surface area contributed by atoms with Crippen molar-refractivity contribution in [1.29, 1.82) is 0 Å². The van der Waals surface area contributed by atoms with Crippen LogP contribution < -0.4 is 10.5 Å². The second-order valence-electron chi connectivity index (χ2n) is 2.32. The molecule has 0 saturated carbocycles. The third kappa shape index (κ3) is 2.98. The highest BCUT2D eigenvalue weighted by Gasteiger charge is 2.32. The molecule has 3 nitrogen and oxygen atoms in total. The van der Waals surface area contributed by atoms with Gasteiger partial charge < -0.3 is 10.5 Å². The predicted octanol–water partition coefficient (Wildman–Crippen LogP) is 2.04. The van der Waals surface area contributed by atoms with Gasteiger partial charge in [-0.15, -0.1) is 13.2 Å². The molecule has 0 unspecified atom stereocenters. The Morgan fingerprint density at radius 1 is 1.50 bits per heavy atom. The average Bonchev–Trinajstić information content (AvgIpc) is 2.06. The lowest BCUT2D eigenvalue weighted by molar-refractivity contribution is -0.275. The summed E-state index contributed by atoms with van der Waals surface area (Å²) in [7, 11) is 0. The molecule has 1 heterocycles. The molecule has 0 aromatic carbocycles. The molecule has 0 bridgehead atoms. The number of alkyl halides is 3. The average molecular weight is 318 g/mol. The highest BCUT2D eigenvalue weighted by molar-refractivity contribution is 14.1. The van der Waals surface area contributed by atoms with Gasteiger partial charge in [-0.1, -0.05) is 0 Å². The zero-order valence-corrected chi connectivity index (χ0v) is 8.96. The Hall–Kier alpha value is -0.570. The van der Waals surface area contributed by atoms with E-state index in [1.807, 2.05) is 0 Å². The Balaban J connectivity index is 2.98. The summed E-state index contributed by atoms with van der Waals surface area (Å²) in [4.78, 5) is 3.81. The molecule has 1 aromatic rings. The molecular formula is C7H6F3IN2O. The number of hydrogen-bond donors (Lipinski definition) is 1. The van der Waals surface area contributed by atoms with Gasteiger partial charge in [-0.3, -0.25) is 4.98 Å². The fraction of sp³-hybridized carbons (Fsp3) is 0.286. The molecule has 2 N–H and O–H groups in total. The number of nitrogens with two attached hydrogens (primary N) is 1. The number of rotatable bonds is 2. The number of halogens is 4. The number of ether oxygens (including phenoxy) is 1. The zero-order chi connectivity index (χ0) is 10.8. The summed E-state index contributed by atoms with van der Waals surface area (Å²) in [5.41, 5.74) is 5.66. The van der Waals surface area contributed by atoms with Crippen molar-refractivity contribution < 1.29 is 17.9 Å². The molecule has 0 amide bonds. The SMILES string of the molecule is NCc1nccc(OC(F)(F)F)c1I. The Labute approximate surface area is 91.6 Å². The van der Waals surface area contributed by atoms with Crippen LogP contribution in [0, 0.1) is 3.57 Å². The molecule has 7 heteroatoms. The monoisotopic (exact) mass is 318 g/mol. The zero-order valence-electron chi connectivity index (χ0n) is 6.81. The van der Waals surface area contributed by atoms with Crippen molar-refractivity contribution in [3.05, 3.63) is 21.5 Å². The Morgan fingerprint density at radius 2 is 2.14 bits per heavy atom. The third-order valence-electron chi connectivity index (χ3n) is 1.35. The maximum absolute atomic E-state index is 11.9. The van der Waals surface area contributed by atoms with Crippen molar-refractivity contribution in [3.63, 3.8) is 0 Å². The van der Waals surface area contributed by atoms with E-state index < -0.39 is 6.36 Å². The number of aromatic nitrogens is 1. The van der Waals surface area contributed by atoms with E-state index in [9.17, 15) is 13.2 Å². The molecule has 0 spiro atoms. The van der Waals surface area contributed by atoms with E-state index in [0.717, 1.165) is 6.07 Å². The molecule has 0 saturated heterocycles. The summed E-state index contributed by atoms with van der Waals surface area (Å²) < 4.78 is 39.7. The fourth-order valence-electron chi connectivity index (χ4n) is 0.813. The van der Waals surface area contributed by atoms with Gasteiger partial charge in [0.15, 0.2) is 0 Å². The normalized spacial score (nSPS) is 11.5. The van der Waals surface area contributed by atoms with Gasteiger partial charge in [0, 0.05) is 12.7 Å². The van der Waals surface area contributed by atoms with Crippen molar-refractivity contribution in [2.75, 3.05) is 0 Å². The molecule has 0 aliphatic rings. The van der Waals surface area contributed by atoms with Crippen molar-refractivity contribution in [2.45, 2.75) is 12.9 Å². The number of hydrogen-bond acceptors (Lipinski definition) is 3. The number of pyridine rings is 1. The van der Waals surface area contributed by atoms with Crippen LogP contribution in [0.1, 0.15) is 5.69 Å². The maximum Gasteiger partial charge on any atom is 0.573 e. The van der Waals surface area contributed by atoms with Gasteiger partial charge in [-0.2, -0.15) is 0 Å². The van der Waals surface area contributed by atoms with E-state index in [1.54, 1.807) is 22.6 Å². The van der Waals surface area contributed by atoms with Gasteiger partial charge in [0.1, 0.15) is 5.75 Å². The molecule has 0 radical (unpaired) electrons. The Kier molecular flexibility index (Phi) is 3.53. The molecule has 0 aliphatic heterocycles. The first-order chi connectivity index (χ1) is 6.44. The summed E-state index contributed by atoms with van der Waals surface area (Å²) in [6, 6.07) is 1.15. The van der Waals surface area contributed by atoms with Gasteiger partial charge in [0.2, 0.25) is 0 Å². The van der Waals surface area contributed by atoms with Gasteiger partial charge >= 0.3 is 6.36 Å². The van der Waals surface area contributed by atoms with E-state index >= 15 is 0 Å². The van der Waals surface area contributed by atoms with Crippen LogP contribution in [-0.2, 0) is 6.54 Å². The van der Waals surface area contributed by atoms with Gasteiger partial charge in [0.25, 0.3) is 0 Å². The van der Waals surface area contributed by atoms with Crippen molar-refractivity contribution in [3.8, 4) is 5.75 Å². The molecule has 1 rings (SSSR count). The smallest absolute Gasteiger partial charge is 0.405 e.